The number of carbonyl (C=O) groups excluding carboxylic acids is 2. The molecule has 286 valence electrons. The molecule has 6 rings (SSSR count). The second-order valence-electron chi connectivity index (χ2n) is 15.0. The van der Waals surface area contributed by atoms with Gasteiger partial charge in [-0.3, -0.25) is 4.90 Å². The number of benzene rings is 4. The molecule has 1 aliphatic carbocycles. The summed E-state index contributed by atoms with van der Waals surface area (Å²) < 4.78 is 56.9. The molecule has 1 unspecified atom stereocenters. The fourth-order valence-corrected chi connectivity index (χ4v) is 7.14. The number of anilines is 1. The van der Waals surface area contributed by atoms with Gasteiger partial charge in [-0.25, -0.2) is 9.59 Å². The van der Waals surface area contributed by atoms with Crippen molar-refractivity contribution in [2.24, 2.45) is 11.8 Å². The van der Waals surface area contributed by atoms with Crippen LogP contribution in [0.15, 0.2) is 103 Å². The van der Waals surface area contributed by atoms with Gasteiger partial charge in [0.1, 0.15) is 18.1 Å². The monoisotopic (exact) mass is 743 g/mol. The molecule has 2 aliphatic rings. The Morgan fingerprint density at radius 3 is 2.02 bits per heavy atom. The number of carbonyl (C=O) groups is 2. The van der Waals surface area contributed by atoms with Gasteiger partial charge in [0.05, 0.1) is 18.7 Å². The van der Waals surface area contributed by atoms with E-state index < -0.39 is 23.8 Å². The number of urea groups is 1. The van der Waals surface area contributed by atoms with Crippen molar-refractivity contribution in [1.29, 1.82) is 0 Å². The van der Waals surface area contributed by atoms with E-state index in [4.69, 9.17) is 14.2 Å². The molecule has 0 spiro atoms. The van der Waals surface area contributed by atoms with E-state index in [2.05, 4.69) is 43.1 Å². The van der Waals surface area contributed by atoms with Gasteiger partial charge < -0.3 is 24.4 Å². The van der Waals surface area contributed by atoms with Crippen LogP contribution >= 0.6 is 0 Å². The lowest BCUT2D eigenvalue weighted by atomic mass is 9.87. The Labute approximate surface area is 315 Å². The van der Waals surface area contributed by atoms with Crippen LogP contribution in [0.2, 0.25) is 0 Å². The summed E-state index contributed by atoms with van der Waals surface area (Å²) in [6.45, 7) is 11.5. The quantitative estimate of drug-likeness (QED) is 0.130. The van der Waals surface area contributed by atoms with Crippen molar-refractivity contribution < 1.29 is 37.0 Å². The molecule has 1 heterocycles. The third-order valence-corrected chi connectivity index (χ3v) is 10.1. The van der Waals surface area contributed by atoms with Crippen LogP contribution in [-0.2, 0) is 34.1 Å². The average Bonchev–Trinajstić information content (AvgIpc) is 3.62. The fourth-order valence-electron chi connectivity index (χ4n) is 7.14. The van der Waals surface area contributed by atoms with Crippen molar-refractivity contribution in [3.05, 3.63) is 125 Å². The summed E-state index contributed by atoms with van der Waals surface area (Å²) in [7, 11) is 0. The zero-order valence-electron chi connectivity index (χ0n) is 31.1. The number of ether oxygens (including phenoxy) is 3. The zero-order valence-corrected chi connectivity index (χ0v) is 31.1. The van der Waals surface area contributed by atoms with Crippen molar-refractivity contribution in [2.45, 2.75) is 64.4 Å². The van der Waals surface area contributed by atoms with Crippen LogP contribution < -0.4 is 14.8 Å². The van der Waals surface area contributed by atoms with Gasteiger partial charge in [0.2, 0.25) is 0 Å². The molecule has 11 heteroatoms. The number of piperidine rings is 1. The highest BCUT2D eigenvalue weighted by molar-refractivity contribution is 5.90. The summed E-state index contributed by atoms with van der Waals surface area (Å²) in [5, 5.41) is 2.80. The molecule has 0 radical (unpaired) electrons. The highest BCUT2D eigenvalue weighted by atomic mass is 19.4. The van der Waals surface area contributed by atoms with Crippen LogP contribution in [-0.4, -0.2) is 66.8 Å². The number of amides is 2. The number of hydrogen-bond acceptors (Lipinski definition) is 6. The largest absolute Gasteiger partial charge is 0.492 e. The number of esters is 1. The molecule has 2 amide bonds. The van der Waals surface area contributed by atoms with E-state index in [1.54, 1.807) is 11.8 Å². The highest BCUT2D eigenvalue weighted by Gasteiger charge is 2.59. The average molecular weight is 744 g/mol. The Balaban J connectivity index is 1.07. The molecule has 4 aromatic rings. The van der Waals surface area contributed by atoms with Gasteiger partial charge >= 0.3 is 18.2 Å². The third-order valence-electron chi connectivity index (χ3n) is 10.1. The van der Waals surface area contributed by atoms with Gasteiger partial charge in [0, 0.05) is 37.8 Å². The van der Waals surface area contributed by atoms with Gasteiger partial charge in [0.25, 0.3) is 0 Å². The van der Waals surface area contributed by atoms with E-state index >= 15 is 0 Å². The van der Waals surface area contributed by atoms with Crippen molar-refractivity contribution in [1.82, 2.24) is 9.80 Å². The first-order chi connectivity index (χ1) is 25.8. The first-order valence-electron chi connectivity index (χ1n) is 18.4. The number of nitrogens with one attached hydrogen (secondary N) is 1. The molecule has 1 aliphatic heterocycles. The van der Waals surface area contributed by atoms with Crippen LogP contribution in [0, 0.1) is 11.8 Å². The Kier molecular flexibility index (Phi) is 11.9. The minimum atomic E-state index is -4.46. The van der Waals surface area contributed by atoms with Gasteiger partial charge in [-0.2, -0.15) is 13.2 Å². The molecule has 0 aromatic heterocycles. The molecule has 8 nitrogen and oxygen atoms in total. The van der Waals surface area contributed by atoms with E-state index in [0.29, 0.717) is 29.8 Å². The second kappa shape index (κ2) is 16.5. The number of nitrogens with zero attached hydrogens (tertiary/aromatic N) is 2. The van der Waals surface area contributed by atoms with E-state index in [1.807, 2.05) is 66.7 Å². The van der Waals surface area contributed by atoms with Crippen LogP contribution in [0.4, 0.5) is 23.7 Å². The normalized spacial score (nSPS) is 18.7. The minimum Gasteiger partial charge on any atom is -0.492 e. The molecule has 4 atom stereocenters. The summed E-state index contributed by atoms with van der Waals surface area (Å²) in [5.74, 6) is 1.34. The maximum absolute atomic E-state index is 13.6. The predicted octanol–water partition coefficient (Wildman–Crippen LogP) is 8.60. The first-order valence-corrected chi connectivity index (χ1v) is 18.4. The summed E-state index contributed by atoms with van der Waals surface area (Å²) in [6.07, 6.45) is -5.00. The Bertz CT molecular complexity index is 1830. The minimum absolute atomic E-state index is 0.00178. The summed E-state index contributed by atoms with van der Waals surface area (Å²) in [5.41, 5.74) is 2.76. The molecular formula is C43H48F3N3O5. The lowest BCUT2D eigenvalue weighted by molar-refractivity contribution is -0.151. The molecule has 1 saturated heterocycles. The number of hydrogen-bond donors (Lipinski definition) is 1. The Hall–Kier alpha value is -5.03. The Morgan fingerprint density at radius 2 is 1.43 bits per heavy atom. The zero-order chi connectivity index (χ0) is 38.5. The third kappa shape index (κ3) is 9.93. The van der Waals surface area contributed by atoms with E-state index in [9.17, 15) is 22.8 Å². The van der Waals surface area contributed by atoms with Crippen molar-refractivity contribution >= 4 is 17.7 Å². The topological polar surface area (TPSA) is 80.3 Å². The predicted molar refractivity (Wildman–Crippen MR) is 201 cm³/mol. The molecule has 4 aromatic carbocycles. The molecule has 2 fully saturated rings. The molecule has 0 bridgehead atoms. The number of halogens is 3. The maximum Gasteiger partial charge on any atom is 0.416 e. The van der Waals surface area contributed by atoms with Crippen LogP contribution in [0.3, 0.4) is 0 Å². The maximum atomic E-state index is 13.6. The van der Waals surface area contributed by atoms with Crippen LogP contribution in [0.1, 0.15) is 49.9 Å². The van der Waals surface area contributed by atoms with E-state index in [-0.39, 0.29) is 42.9 Å². The molecular weight excluding hydrogens is 695 g/mol. The number of alkyl halides is 3. The molecule has 1 N–H and O–H groups in total. The summed E-state index contributed by atoms with van der Waals surface area (Å²) >= 11 is 0. The van der Waals surface area contributed by atoms with Gasteiger partial charge in [-0.05, 0) is 89.4 Å². The van der Waals surface area contributed by atoms with Crippen molar-refractivity contribution in [2.75, 3.05) is 38.2 Å². The summed E-state index contributed by atoms with van der Waals surface area (Å²) in [6, 6.07) is 29.5. The first kappa shape index (κ1) is 38.7. The van der Waals surface area contributed by atoms with E-state index in [0.717, 1.165) is 42.9 Å². The lowest BCUT2D eigenvalue weighted by Gasteiger charge is -2.28. The van der Waals surface area contributed by atoms with Crippen molar-refractivity contribution in [3.8, 4) is 11.5 Å². The van der Waals surface area contributed by atoms with Gasteiger partial charge in [-0.1, -0.05) is 75.4 Å². The number of likely N-dealkylation sites (tertiary alicyclic amines) is 1. The standard InChI is InChI=1S/C43H48F3N3O5/c1-5-52-40(50)38(54-35-21-15-31(16-22-35)42(2,3)4)25-29-11-19-34(20-12-29)53-24-23-49(41(51)47-33-17-13-32(14-18-33)43(44,45)46)39-36-27-48(28-37(36)39)26-30-9-7-6-8-10-30/h6-22,36-39H,5,23-28H2,1-4H3,(H,47,51)/t36-,37?,38+,39+/m1/s1. The molecule has 1 saturated carbocycles. The van der Waals surface area contributed by atoms with Crippen molar-refractivity contribution in [3.63, 3.8) is 0 Å². The fraction of sp³-hybridized carbons (Fsp3) is 0.395. The van der Waals surface area contributed by atoms with Gasteiger partial charge in [-0.15, -0.1) is 0 Å². The molecule has 54 heavy (non-hydrogen) atoms. The van der Waals surface area contributed by atoms with E-state index in [1.165, 1.54) is 17.7 Å². The van der Waals surface area contributed by atoms with Crippen LogP contribution in [0.5, 0.6) is 11.5 Å². The number of fused-ring (bicyclic) bond motifs is 1. The van der Waals surface area contributed by atoms with Gasteiger partial charge in [0.15, 0.2) is 6.10 Å². The highest BCUT2D eigenvalue weighted by Crippen LogP contribution is 2.49. The summed E-state index contributed by atoms with van der Waals surface area (Å²) in [4.78, 5) is 30.6. The second-order valence-corrected chi connectivity index (χ2v) is 15.0. The smallest absolute Gasteiger partial charge is 0.416 e. The Morgan fingerprint density at radius 1 is 0.815 bits per heavy atom. The lowest BCUT2D eigenvalue weighted by Crippen LogP contribution is -2.43. The number of rotatable bonds is 14. The SMILES string of the molecule is CCOC(=O)[C@H](Cc1ccc(OCCN(C(=O)Nc2ccc(C(F)(F)F)cc2)[C@@H]2C3CN(Cc4ccccc4)C[C@H]32)cc1)Oc1ccc(C(C)(C)C)cc1. The van der Waals surface area contributed by atoms with Crippen LogP contribution in [0.25, 0.3) is 0 Å².